The highest BCUT2D eigenvalue weighted by molar-refractivity contribution is 7.99. The molecule has 2 heteroatoms. The fourth-order valence-corrected chi connectivity index (χ4v) is 2.10. The van der Waals surface area contributed by atoms with Gasteiger partial charge in [0.15, 0.2) is 0 Å². The molecular weight excluding hydrogens is 212 g/mol. The Hall–Kier alpha value is -0.400. The number of alkyl halides is 1. The molecule has 0 spiro atoms. The summed E-state index contributed by atoms with van der Waals surface area (Å²) >= 11 is 7.56. The molecule has 0 fully saturated rings. The molecule has 0 atom stereocenters. The first-order chi connectivity index (χ1) is 6.72. The Kier molecular flexibility index (Phi) is 5.13. The molecule has 0 nitrogen and oxygen atoms in total. The van der Waals surface area contributed by atoms with Crippen LogP contribution in [0.25, 0.3) is 0 Å². The Morgan fingerprint density at radius 1 is 1.29 bits per heavy atom. The Balaban J connectivity index is 2.48. The van der Waals surface area contributed by atoms with Gasteiger partial charge in [0.05, 0.1) is 0 Å². The summed E-state index contributed by atoms with van der Waals surface area (Å²) in [6.07, 6.45) is 2.24. The quantitative estimate of drug-likeness (QED) is 0.414. The van der Waals surface area contributed by atoms with E-state index in [4.69, 9.17) is 11.6 Å². The number of hydrogen-bond donors (Lipinski definition) is 0. The van der Waals surface area contributed by atoms with E-state index in [0.29, 0.717) is 5.88 Å². The lowest BCUT2D eigenvalue weighted by Gasteiger charge is -2.00. The van der Waals surface area contributed by atoms with Gasteiger partial charge >= 0.3 is 0 Å². The lowest BCUT2D eigenvalue weighted by atomic mass is 10.2. The molecule has 0 saturated carbocycles. The molecule has 0 amide bonds. The van der Waals surface area contributed by atoms with Gasteiger partial charge in [-0.15, -0.1) is 23.4 Å². The molecule has 1 rings (SSSR count). The topological polar surface area (TPSA) is 0 Å². The van der Waals surface area contributed by atoms with Gasteiger partial charge < -0.3 is 0 Å². The van der Waals surface area contributed by atoms with Gasteiger partial charge in [-0.25, -0.2) is 0 Å². The predicted molar refractivity (Wildman–Crippen MR) is 66.2 cm³/mol. The molecular formula is C12H15ClS. The van der Waals surface area contributed by atoms with Crippen molar-refractivity contribution in [2.24, 2.45) is 0 Å². The smallest absolute Gasteiger partial charge is 0.0474 e. The summed E-state index contributed by atoms with van der Waals surface area (Å²) in [5.41, 5.74) is 2.55. The van der Waals surface area contributed by atoms with Crippen LogP contribution in [0.5, 0.6) is 0 Å². The van der Waals surface area contributed by atoms with Gasteiger partial charge in [-0.1, -0.05) is 23.8 Å². The van der Waals surface area contributed by atoms with Crippen molar-refractivity contribution in [3.05, 3.63) is 41.5 Å². The maximum atomic E-state index is 5.71. The summed E-state index contributed by atoms with van der Waals surface area (Å²) in [6.45, 7) is 4.24. The van der Waals surface area contributed by atoms with Gasteiger partial charge in [0.2, 0.25) is 0 Å². The largest absolute Gasteiger partial charge is 0.122 e. The first kappa shape index (κ1) is 11.7. The van der Waals surface area contributed by atoms with Crippen molar-refractivity contribution >= 4 is 23.4 Å². The molecule has 14 heavy (non-hydrogen) atoms. The first-order valence-electron chi connectivity index (χ1n) is 4.63. The Labute approximate surface area is 95.4 Å². The Bertz CT molecular complexity index is 297. The van der Waals surface area contributed by atoms with Crippen molar-refractivity contribution in [3.63, 3.8) is 0 Å². The van der Waals surface area contributed by atoms with Crippen LogP contribution in [0.15, 0.2) is 40.8 Å². The molecule has 76 valence electrons. The average Bonchev–Trinajstić information content (AvgIpc) is 2.18. The van der Waals surface area contributed by atoms with Crippen molar-refractivity contribution in [2.75, 3.05) is 5.75 Å². The van der Waals surface area contributed by atoms with E-state index >= 15 is 0 Å². The van der Waals surface area contributed by atoms with Gasteiger partial charge in [-0.2, -0.15) is 0 Å². The molecule has 0 unspecified atom stereocenters. The maximum Gasteiger partial charge on any atom is 0.0474 e. The van der Waals surface area contributed by atoms with Crippen molar-refractivity contribution < 1.29 is 0 Å². The average molecular weight is 227 g/mol. The third-order valence-electron chi connectivity index (χ3n) is 1.82. The normalized spacial score (nSPS) is 9.93. The van der Waals surface area contributed by atoms with Crippen LogP contribution in [0.1, 0.15) is 19.4 Å². The Morgan fingerprint density at radius 3 is 2.43 bits per heavy atom. The van der Waals surface area contributed by atoms with Crippen molar-refractivity contribution in [1.29, 1.82) is 0 Å². The number of hydrogen-bond acceptors (Lipinski definition) is 1. The highest BCUT2D eigenvalue weighted by Gasteiger charge is 1.93. The molecule has 1 aromatic carbocycles. The second-order valence-electron chi connectivity index (χ2n) is 3.37. The van der Waals surface area contributed by atoms with E-state index in [2.05, 4.69) is 44.2 Å². The van der Waals surface area contributed by atoms with E-state index in [0.717, 1.165) is 5.75 Å². The van der Waals surface area contributed by atoms with Gasteiger partial charge in [-0.3, -0.25) is 0 Å². The first-order valence-corrected chi connectivity index (χ1v) is 6.15. The fraction of sp³-hybridized carbons (Fsp3) is 0.333. The van der Waals surface area contributed by atoms with Crippen LogP contribution in [-0.2, 0) is 5.88 Å². The lowest BCUT2D eigenvalue weighted by molar-refractivity contribution is 1.33. The summed E-state index contributed by atoms with van der Waals surface area (Å²) in [7, 11) is 0. The molecule has 0 aliphatic rings. The van der Waals surface area contributed by atoms with E-state index in [1.165, 1.54) is 16.0 Å². The second kappa shape index (κ2) is 6.15. The monoisotopic (exact) mass is 226 g/mol. The Morgan fingerprint density at radius 2 is 1.93 bits per heavy atom. The summed E-state index contributed by atoms with van der Waals surface area (Å²) in [5, 5.41) is 0. The number of benzene rings is 1. The summed E-state index contributed by atoms with van der Waals surface area (Å²) < 4.78 is 0. The van der Waals surface area contributed by atoms with Crippen LogP contribution in [0.4, 0.5) is 0 Å². The standard InChI is InChI=1S/C12H15ClS/c1-10(2)7-8-14-12-5-3-11(9-13)4-6-12/h3-7H,8-9H2,1-2H3. The van der Waals surface area contributed by atoms with E-state index in [1.807, 2.05) is 11.8 Å². The highest BCUT2D eigenvalue weighted by atomic mass is 35.5. The van der Waals surface area contributed by atoms with Crippen LogP contribution in [0.2, 0.25) is 0 Å². The van der Waals surface area contributed by atoms with Crippen LogP contribution < -0.4 is 0 Å². The van der Waals surface area contributed by atoms with Crippen molar-refractivity contribution in [3.8, 4) is 0 Å². The molecule has 0 saturated heterocycles. The van der Waals surface area contributed by atoms with Crippen molar-refractivity contribution in [2.45, 2.75) is 24.6 Å². The lowest BCUT2D eigenvalue weighted by Crippen LogP contribution is -1.79. The third kappa shape index (κ3) is 4.21. The minimum absolute atomic E-state index is 0.596. The molecule has 0 N–H and O–H groups in total. The zero-order valence-corrected chi connectivity index (χ0v) is 10.2. The van der Waals surface area contributed by atoms with Gasteiger partial charge in [0, 0.05) is 16.5 Å². The van der Waals surface area contributed by atoms with Crippen LogP contribution in [0.3, 0.4) is 0 Å². The van der Waals surface area contributed by atoms with Crippen molar-refractivity contribution in [1.82, 2.24) is 0 Å². The molecule has 0 aromatic heterocycles. The zero-order valence-electron chi connectivity index (χ0n) is 8.59. The number of thioether (sulfide) groups is 1. The summed E-state index contributed by atoms with van der Waals surface area (Å²) in [5.74, 6) is 1.64. The second-order valence-corrected chi connectivity index (χ2v) is 4.73. The van der Waals surface area contributed by atoms with Crippen LogP contribution >= 0.6 is 23.4 Å². The van der Waals surface area contributed by atoms with E-state index in [9.17, 15) is 0 Å². The number of allylic oxidation sites excluding steroid dienone is 1. The SMILES string of the molecule is CC(C)=CCSc1ccc(CCl)cc1. The van der Waals surface area contributed by atoms with E-state index < -0.39 is 0 Å². The molecule has 1 aromatic rings. The summed E-state index contributed by atoms with van der Waals surface area (Å²) in [6, 6.07) is 8.41. The molecule has 0 radical (unpaired) electrons. The minimum atomic E-state index is 0.596. The van der Waals surface area contributed by atoms with E-state index in [-0.39, 0.29) is 0 Å². The minimum Gasteiger partial charge on any atom is -0.122 e. The van der Waals surface area contributed by atoms with Gasteiger partial charge in [0.1, 0.15) is 0 Å². The number of rotatable bonds is 4. The van der Waals surface area contributed by atoms with Crippen LogP contribution in [-0.4, -0.2) is 5.75 Å². The van der Waals surface area contributed by atoms with Gasteiger partial charge in [-0.05, 0) is 31.5 Å². The molecule has 0 bridgehead atoms. The predicted octanol–water partition coefficient (Wildman–Crippen LogP) is 4.48. The maximum absolute atomic E-state index is 5.71. The van der Waals surface area contributed by atoms with Gasteiger partial charge in [0.25, 0.3) is 0 Å². The molecule has 0 aliphatic carbocycles. The fourth-order valence-electron chi connectivity index (χ4n) is 0.979. The highest BCUT2D eigenvalue weighted by Crippen LogP contribution is 2.19. The molecule has 0 aliphatic heterocycles. The number of halogens is 1. The zero-order chi connectivity index (χ0) is 10.4. The summed E-state index contributed by atoms with van der Waals surface area (Å²) in [4.78, 5) is 1.30. The van der Waals surface area contributed by atoms with Crippen LogP contribution in [0, 0.1) is 0 Å². The van der Waals surface area contributed by atoms with E-state index in [1.54, 1.807) is 0 Å². The molecule has 0 heterocycles. The third-order valence-corrected chi connectivity index (χ3v) is 3.07.